The molecular weight excluding hydrogens is 287 g/mol. The normalized spacial score (nSPS) is 13.1. The monoisotopic (exact) mass is 307 g/mol. The lowest BCUT2D eigenvalue weighted by Gasteiger charge is -2.28. The molecule has 0 radical (unpaired) electrons. The number of hydrogen-bond donors (Lipinski definition) is 1. The molecule has 0 aliphatic rings. The minimum atomic E-state index is -4.43. The highest BCUT2D eigenvalue weighted by Gasteiger charge is 2.33. The van der Waals surface area contributed by atoms with Crippen LogP contribution in [-0.2, 0) is 17.5 Å². The zero-order valence-corrected chi connectivity index (χ0v) is 12.7. The Morgan fingerprint density at radius 2 is 1.86 bits per heavy atom. The number of nitrogens with zero attached hydrogens (tertiary/aromatic N) is 2. The van der Waals surface area contributed by atoms with Crippen LogP contribution < -0.4 is 5.32 Å². The predicted molar refractivity (Wildman–Crippen MR) is 70.7 cm³/mol. The van der Waals surface area contributed by atoms with Crippen LogP contribution in [0.5, 0.6) is 0 Å². The van der Waals surface area contributed by atoms with E-state index in [0.29, 0.717) is 0 Å². The summed E-state index contributed by atoms with van der Waals surface area (Å²) in [5.74, 6) is 0. The van der Waals surface area contributed by atoms with Gasteiger partial charge in [0.1, 0.15) is 5.60 Å². The molecule has 1 heterocycles. The van der Waals surface area contributed by atoms with E-state index in [-0.39, 0.29) is 6.54 Å². The van der Waals surface area contributed by atoms with Crippen molar-refractivity contribution in [1.29, 1.82) is 0 Å². The molecule has 120 valence electrons. The van der Waals surface area contributed by atoms with E-state index >= 15 is 0 Å². The van der Waals surface area contributed by atoms with Crippen molar-refractivity contribution in [2.75, 3.05) is 0 Å². The van der Waals surface area contributed by atoms with E-state index < -0.39 is 29.0 Å². The van der Waals surface area contributed by atoms with E-state index in [0.717, 1.165) is 17.1 Å². The minimum absolute atomic E-state index is 0.0856. The quantitative estimate of drug-likeness (QED) is 0.933. The van der Waals surface area contributed by atoms with Gasteiger partial charge in [-0.05, 0) is 34.6 Å². The van der Waals surface area contributed by atoms with Gasteiger partial charge in [0, 0.05) is 6.20 Å². The van der Waals surface area contributed by atoms with Crippen molar-refractivity contribution in [1.82, 2.24) is 15.1 Å². The minimum Gasteiger partial charge on any atom is -0.444 e. The predicted octanol–water partition coefficient (Wildman–Crippen LogP) is 3.21. The highest BCUT2D eigenvalue weighted by atomic mass is 19.4. The molecule has 1 aromatic heterocycles. The van der Waals surface area contributed by atoms with E-state index in [1.54, 1.807) is 34.6 Å². The zero-order chi connectivity index (χ0) is 16.5. The fraction of sp³-hybridized carbons (Fsp3) is 0.692. The van der Waals surface area contributed by atoms with Crippen LogP contribution in [-0.4, -0.2) is 27.0 Å². The Morgan fingerprint density at radius 1 is 1.29 bits per heavy atom. The van der Waals surface area contributed by atoms with Crippen molar-refractivity contribution >= 4 is 6.09 Å². The maximum atomic E-state index is 12.5. The number of ether oxygens (including phenoxy) is 1. The van der Waals surface area contributed by atoms with Crippen LogP contribution in [0, 0.1) is 0 Å². The van der Waals surface area contributed by atoms with Crippen molar-refractivity contribution in [3.05, 3.63) is 18.0 Å². The summed E-state index contributed by atoms with van der Waals surface area (Å²) >= 11 is 0. The number of nitrogens with one attached hydrogen (secondary N) is 1. The molecule has 0 aliphatic carbocycles. The van der Waals surface area contributed by atoms with Gasteiger partial charge in [-0.2, -0.15) is 18.3 Å². The smallest absolute Gasteiger partial charge is 0.419 e. The third kappa shape index (κ3) is 6.05. The van der Waals surface area contributed by atoms with Crippen molar-refractivity contribution in [2.45, 2.75) is 58.5 Å². The average molecular weight is 307 g/mol. The summed E-state index contributed by atoms with van der Waals surface area (Å²) in [6.07, 6.45) is -3.40. The van der Waals surface area contributed by atoms with Crippen molar-refractivity contribution in [3.63, 3.8) is 0 Å². The molecular formula is C13H20F3N3O2. The van der Waals surface area contributed by atoms with Gasteiger partial charge in [-0.3, -0.25) is 4.68 Å². The Labute approximate surface area is 121 Å². The molecule has 0 atom stereocenters. The van der Waals surface area contributed by atoms with Crippen molar-refractivity contribution < 1.29 is 22.7 Å². The van der Waals surface area contributed by atoms with Gasteiger partial charge in [-0.1, -0.05) is 0 Å². The molecule has 0 spiro atoms. The molecule has 0 saturated carbocycles. The molecule has 0 unspecified atom stereocenters. The number of carbonyl (C=O) groups is 1. The average Bonchev–Trinajstić information content (AvgIpc) is 2.59. The van der Waals surface area contributed by atoms with Crippen LogP contribution >= 0.6 is 0 Å². The number of aromatic nitrogens is 2. The van der Waals surface area contributed by atoms with Crippen molar-refractivity contribution in [3.8, 4) is 0 Å². The highest BCUT2D eigenvalue weighted by molar-refractivity contribution is 5.68. The lowest BCUT2D eigenvalue weighted by Crippen LogP contribution is -2.48. The fourth-order valence-corrected chi connectivity index (χ4v) is 1.62. The maximum Gasteiger partial charge on any atom is 0.419 e. The largest absolute Gasteiger partial charge is 0.444 e. The Kier molecular flexibility index (Phi) is 4.60. The maximum absolute atomic E-state index is 12.5. The number of halogens is 3. The zero-order valence-electron chi connectivity index (χ0n) is 12.7. The summed E-state index contributed by atoms with van der Waals surface area (Å²) in [5.41, 5.74) is -2.28. The number of alkyl carbamates (subject to hydrolysis) is 1. The molecule has 0 aliphatic heterocycles. The molecule has 1 aromatic rings. The molecule has 0 aromatic carbocycles. The van der Waals surface area contributed by atoms with Gasteiger partial charge >= 0.3 is 12.3 Å². The molecule has 8 heteroatoms. The van der Waals surface area contributed by atoms with Crippen LogP contribution in [0.4, 0.5) is 18.0 Å². The number of hydrogen-bond acceptors (Lipinski definition) is 3. The topological polar surface area (TPSA) is 56.2 Å². The van der Waals surface area contributed by atoms with Crippen LogP contribution in [0.2, 0.25) is 0 Å². The third-order valence-electron chi connectivity index (χ3n) is 2.36. The van der Waals surface area contributed by atoms with Gasteiger partial charge in [0.15, 0.2) is 0 Å². The van der Waals surface area contributed by atoms with E-state index in [1.807, 2.05) is 0 Å². The Balaban J connectivity index is 2.68. The van der Waals surface area contributed by atoms with Gasteiger partial charge in [0.05, 0.1) is 23.8 Å². The summed E-state index contributed by atoms with van der Waals surface area (Å²) in [6.45, 7) is 8.61. The third-order valence-corrected chi connectivity index (χ3v) is 2.36. The molecule has 5 nitrogen and oxygen atoms in total. The summed E-state index contributed by atoms with van der Waals surface area (Å²) in [7, 11) is 0. The van der Waals surface area contributed by atoms with Gasteiger partial charge in [0.25, 0.3) is 0 Å². The van der Waals surface area contributed by atoms with E-state index in [2.05, 4.69) is 10.4 Å². The van der Waals surface area contributed by atoms with Gasteiger partial charge < -0.3 is 10.1 Å². The van der Waals surface area contributed by atoms with Crippen LogP contribution in [0.15, 0.2) is 12.4 Å². The molecule has 1 N–H and O–H groups in total. The highest BCUT2D eigenvalue weighted by Crippen LogP contribution is 2.28. The molecule has 21 heavy (non-hydrogen) atoms. The van der Waals surface area contributed by atoms with Gasteiger partial charge in [-0.25, -0.2) is 4.79 Å². The first-order valence-electron chi connectivity index (χ1n) is 6.39. The summed E-state index contributed by atoms with van der Waals surface area (Å²) in [6, 6.07) is 0. The van der Waals surface area contributed by atoms with E-state index in [4.69, 9.17) is 4.74 Å². The van der Waals surface area contributed by atoms with E-state index in [1.165, 1.54) is 0 Å². The van der Waals surface area contributed by atoms with Gasteiger partial charge in [0.2, 0.25) is 0 Å². The van der Waals surface area contributed by atoms with Crippen LogP contribution in [0.1, 0.15) is 40.2 Å². The number of rotatable bonds is 3. The molecule has 1 amide bonds. The number of carbonyl (C=O) groups excluding carboxylic acids is 1. The second-order valence-electron chi connectivity index (χ2n) is 6.44. The summed E-state index contributed by atoms with van der Waals surface area (Å²) in [4.78, 5) is 11.7. The lowest BCUT2D eigenvalue weighted by molar-refractivity contribution is -0.137. The summed E-state index contributed by atoms with van der Waals surface area (Å²) < 4.78 is 43.7. The molecule has 0 saturated heterocycles. The van der Waals surface area contributed by atoms with Crippen LogP contribution in [0.25, 0.3) is 0 Å². The first-order valence-corrected chi connectivity index (χ1v) is 6.39. The van der Waals surface area contributed by atoms with E-state index in [9.17, 15) is 18.0 Å². The molecule has 1 rings (SSSR count). The number of alkyl halides is 3. The first kappa shape index (κ1) is 17.3. The Hall–Kier alpha value is -1.73. The lowest BCUT2D eigenvalue weighted by atomic mass is 10.1. The standard InChI is InChI=1S/C13H20F3N3O2/c1-11(2,3)21-10(20)18-12(4,5)8-19-7-9(6-17-19)13(14,15)16/h6-7H,8H2,1-5H3,(H,18,20). The second kappa shape index (κ2) is 5.57. The summed E-state index contributed by atoms with van der Waals surface area (Å²) in [5, 5.41) is 6.26. The van der Waals surface area contributed by atoms with Gasteiger partial charge in [-0.15, -0.1) is 0 Å². The Bertz CT molecular complexity index is 501. The Morgan fingerprint density at radius 3 is 2.29 bits per heavy atom. The molecule has 0 fully saturated rings. The SMILES string of the molecule is CC(C)(Cn1cc(C(F)(F)F)cn1)NC(=O)OC(C)(C)C. The second-order valence-corrected chi connectivity index (χ2v) is 6.44. The number of amides is 1. The van der Waals surface area contributed by atoms with Crippen molar-refractivity contribution in [2.24, 2.45) is 0 Å². The van der Waals surface area contributed by atoms with Crippen LogP contribution in [0.3, 0.4) is 0 Å². The fourth-order valence-electron chi connectivity index (χ4n) is 1.62. The molecule has 0 bridgehead atoms. The first-order chi connectivity index (χ1) is 9.28.